The number of benzene rings is 3. The third-order valence-corrected chi connectivity index (χ3v) is 4.73. The van der Waals surface area contributed by atoms with Crippen molar-refractivity contribution in [2.75, 3.05) is 12.4 Å². The number of hydrogen-bond donors (Lipinski definition) is 1. The molecular weight excluding hydrogens is 399 g/mol. The molecule has 1 amide bonds. The Kier molecular flexibility index (Phi) is 4.94. The Labute approximate surface area is 170 Å². The van der Waals surface area contributed by atoms with Gasteiger partial charge in [-0.25, -0.2) is 4.98 Å². The van der Waals surface area contributed by atoms with Gasteiger partial charge >= 0.3 is 0 Å². The van der Waals surface area contributed by atoms with Gasteiger partial charge in [0, 0.05) is 16.1 Å². The molecule has 0 aliphatic rings. The molecule has 4 rings (SSSR count). The minimum absolute atomic E-state index is 0.286. The predicted octanol–water partition coefficient (Wildman–Crippen LogP) is 6.06. The molecule has 5 nitrogen and oxygen atoms in total. The highest BCUT2D eigenvalue weighted by molar-refractivity contribution is 6.34. The molecule has 28 heavy (non-hydrogen) atoms. The molecule has 0 aliphatic heterocycles. The maximum absolute atomic E-state index is 12.5. The van der Waals surface area contributed by atoms with E-state index in [4.69, 9.17) is 32.4 Å². The monoisotopic (exact) mass is 412 g/mol. The molecule has 1 N–H and O–H groups in total. The van der Waals surface area contributed by atoms with Crippen LogP contribution in [0.5, 0.6) is 5.75 Å². The van der Waals surface area contributed by atoms with Crippen molar-refractivity contribution in [3.63, 3.8) is 0 Å². The number of ether oxygens (including phenoxy) is 1. The Balaban J connectivity index is 1.63. The van der Waals surface area contributed by atoms with Crippen LogP contribution in [0, 0.1) is 0 Å². The van der Waals surface area contributed by atoms with Crippen molar-refractivity contribution < 1.29 is 13.9 Å². The number of methoxy groups -OCH3 is 1. The molecule has 0 fully saturated rings. The molecule has 0 radical (unpaired) electrons. The minimum atomic E-state index is -0.286. The average molecular weight is 413 g/mol. The minimum Gasteiger partial charge on any atom is -0.497 e. The zero-order valence-corrected chi connectivity index (χ0v) is 16.2. The molecule has 0 spiro atoms. The van der Waals surface area contributed by atoms with Gasteiger partial charge < -0.3 is 14.5 Å². The van der Waals surface area contributed by atoms with Gasteiger partial charge in [0.2, 0.25) is 5.89 Å². The molecular formula is C21H14Cl2N2O3. The van der Waals surface area contributed by atoms with Crippen molar-refractivity contribution >= 4 is 45.9 Å². The van der Waals surface area contributed by atoms with Crippen LogP contribution in [0.1, 0.15) is 10.4 Å². The van der Waals surface area contributed by atoms with Crippen molar-refractivity contribution in [1.29, 1.82) is 0 Å². The smallest absolute Gasteiger partial charge is 0.255 e. The van der Waals surface area contributed by atoms with Crippen LogP contribution in [0.25, 0.3) is 22.6 Å². The number of nitrogens with one attached hydrogen (secondary N) is 1. The summed E-state index contributed by atoms with van der Waals surface area (Å²) in [6, 6.07) is 17.2. The Morgan fingerprint density at radius 3 is 2.57 bits per heavy atom. The highest BCUT2D eigenvalue weighted by Crippen LogP contribution is 2.31. The molecule has 7 heteroatoms. The molecule has 0 saturated heterocycles. The number of aromatic nitrogens is 1. The first-order valence-electron chi connectivity index (χ1n) is 8.35. The second-order valence-corrected chi connectivity index (χ2v) is 6.85. The molecule has 140 valence electrons. The van der Waals surface area contributed by atoms with Crippen LogP contribution in [0.2, 0.25) is 10.0 Å². The molecule has 1 aromatic heterocycles. The number of nitrogens with zero attached hydrogens (tertiary/aromatic N) is 1. The van der Waals surface area contributed by atoms with E-state index in [0.717, 1.165) is 0 Å². The summed E-state index contributed by atoms with van der Waals surface area (Å²) >= 11 is 12.3. The molecule has 0 saturated carbocycles. The van der Waals surface area contributed by atoms with Crippen LogP contribution >= 0.6 is 23.2 Å². The lowest BCUT2D eigenvalue weighted by Crippen LogP contribution is -2.12. The summed E-state index contributed by atoms with van der Waals surface area (Å²) in [5.74, 6) is 0.799. The van der Waals surface area contributed by atoms with E-state index in [0.29, 0.717) is 49.6 Å². The number of carbonyl (C=O) groups excluding carboxylic acids is 1. The third kappa shape index (κ3) is 3.67. The first kappa shape index (κ1) is 18.3. The molecule has 0 atom stereocenters. The topological polar surface area (TPSA) is 64.4 Å². The SMILES string of the molecule is COc1ccc(C(=O)Nc2cc(-c3nc4cc(Cl)ccc4o3)ccc2Cl)cc1. The quantitative estimate of drug-likeness (QED) is 0.442. The molecule has 0 unspecified atom stereocenters. The van der Waals surface area contributed by atoms with Gasteiger partial charge in [0.15, 0.2) is 5.58 Å². The van der Waals surface area contributed by atoms with Gasteiger partial charge in [-0.1, -0.05) is 23.2 Å². The highest BCUT2D eigenvalue weighted by Gasteiger charge is 2.13. The van der Waals surface area contributed by atoms with Crippen molar-refractivity contribution in [3.05, 3.63) is 76.3 Å². The van der Waals surface area contributed by atoms with E-state index < -0.39 is 0 Å². The van der Waals surface area contributed by atoms with Gasteiger partial charge in [-0.2, -0.15) is 0 Å². The zero-order valence-electron chi connectivity index (χ0n) is 14.7. The molecule has 1 heterocycles. The third-order valence-electron chi connectivity index (χ3n) is 4.16. The number of fused-ring (bicyclic) bond motifs is 1. The number of halogens is 2. The fourth-order valence-corrected chi connectivity index (χ4v) is 3.05. The van der Waals surface area contributed by atoms with E-state index in [-0.39, 0.29) is 5.91 Å². The summed E-state index contributed by atoms with van der Waals surface area (Å²) in [5.41, 5.74) is 2.90. The van der Waals surface area contributed by atoms with Crippen LogP contribution in [-0.4, -0.2) is 18.0 Å². The van der Waals surface area contributed by atoms with E-state index >= 15 is 0 Å². The van der Waals surface area contributed by atoms with Crippen molar-refractivity contribution in [2.45, 2.75) is 0 Å². The van der Waals surface area contributed by atoms with Gasteiger partial charge in [0.05, 0.1) is 17.8 Å². The number of carbonyl (C=O) groups is 1. The molecule has 0 bridgehead atoms. The predicted molar refractivity (Wildman–Crippen MR) is 110 cm³/mol. The summed E-state index contributed by atoms with van der Waals surface area (Å²) < 4.78 is 10.9. The summed E-state index contributed by atoms with van der Waals surface area (Å²) in [4.78, 5) is 17.0. The lowest BCUT2D eigenvalue weighted by atomic mass is 10.1. The fraction of sp³-hybridized carbons (Fsp3) is 0.0476. The van der Waals surface area contributed by atoms with Gasteiger partial charge in [0.1, 0.15) is 11.3 Å². The van der Waals surface area contributed by atoms with Crippen LogP contribution in [-0.2, 0) is 0 Å². The van der Waals surface area contributed by atoms with Gasteiger partial charge in [-0.15, -0.1) is 0 Å². The van der Waals surface area contributed by atoms with Crippen molar-refractivity contribution in [1.82, 2.24) is 4.98 Å². The van der Waals surface area contributed by atoms with E-state index in [2.05, 4.69) is 10.3 Å². The van der Waals surface area contributed by atoms with E-state index in [1.165, 1.54) is 0 Å². The molecule has 4 aromatic rings. The number of rotatable bonds is 4. The summed E-state index contributed by atoms with van der Waals surface area (Å²) in [6.45, 7) is 0. The van der Waals surface area contributed by atoms with E-state index in [1.54, 1.807) is 67.8 Å². The summed E-state index contributed by atoms with van der Waals surface area (Å²) in [7, 11) is 1.57. The Hall–Kier alpha value is -3.02. The maximum Gasteiger partial charge on any atom is 0.255 e. The van der Waals surface area contributed by atoms with Gasteiger partial charge in [-0.3, -0.25) is 4.79 Å². The first-order valence-corrected chi connectivity index (χ1v) is 9.10. The molecule has 3 aromatic carbocycles. The number of oxazole rings is 1. The zero-order chi connectivity index (χ0) is 19.7. The Morgan fingerprint density at radius 2 is 1.82 bits per heavy atom. The average Bonchev–Trinajstić information content (AvgIpc) is 3.12. The second kappa shape index (κ2) is 7.54. The largest absolute Gasteiger partial charge is 0.497 e. The molecule has 0 aliphatic carbocycles. The Bertz CT molecular complexity index is 1170. The number of anilines is 1. The lowest BCUT2D eigenvalue weighted by molar-refractivity contribution is 0.102. The number of amides is 1. The van der Waals surface area contributed by atoms with Crippen molar-refractivity contribution in [3.8, 4) is 17.2 Å². The fourth-order valence-electron chi connectivity index (χ4n) is 2.72. The summed E-state index contributed by atoms with van der Waals surface area (Å²) in [6.07, 6.45) is 0. The van der Waals surface area contributed by atoms with Crippen LogP contribution in [0.3, 0.4) is 0 Å². The maximum atomic E-state index is 12.5. The standard InChI is InChI=1S/C21H14Cl2N2O3/c1-27-15-6-2-12(3-7-15)20(26)24-17-10-13(4-8-16(17)23)21-25-18-11-14(22)5-9-19(18)28-21/h2-11H,1H3,(H,24,26). The van der Waals surface area contributed by atoms with Crippen LogP contribution < -0.4 is 10.1 Å². The van der Waals surface area contributed by atoms with Gasteiger partial charge in [0.25, 0.3) is 5.91 Å². The number of hydrogen-bond acceptors (Lipinski definition) is 4. The van der Waals surface area contributed by atoms with Gasteiger partial charge in [-0.05, 0) is 60.7 Å². The first-order chi connectivity index (χ1) is 13.5. The second-order valence-electron chi connectivity index (χ2n) is 6.01. The van der Waals surface area contributed by atoms with E-state index in [9.17, 15) is 4.79 Å². The lowest BCUT2D eigenvalue weighted by Gasteiger charge is -2.09. The highest BCUT2D eigenvalue weighted by atomic mass is 35.5. The normalized spacial score (nSPS) is 10.8. The van der Waals surface area contributed by atoms with Crippen LogP contribution in [0.4, 0.5) is 5.69 Å². The van der Waals surface area contributed by atoms with E-state index in [1.807, 2.05) is 0 Å². The van der Waals surface area contributed by atoms with Crippen molar-refractivity contribution in [2.24, 2.45) is 0 Å². The Morgan fingerprint density at radius 1 is 1.04 bits per heavy atom. The summed E-state index contributed by atoms with van der Waals surface area (Å²) in [5, 5.41) is 3.80. The van der Waals surface area contributed by atoms with Crippen LogP contribution in [0.15, 0.2) is 65.1 Å².